The molecule has 1 amide bonds. The largest absolute Gasteiger partial charge is 0.361 e. The van der Waals surface area contributed by atoms with Gasteiger partial charge in [0.1, 0.15) is 0 Å². The number of hydrogen-bond donors (Lipinski definition) is 2. The fourth-order valence-electron chi connectivity index (χ4n) is 3.68. The molecule has 2 aromatic carbocycles. The number of carbonyl (C=O) groups is 1. The number of amides is 1. The summed E-state index contributed by atoms with van der Waals surface area (Å²) in [6.07, 6.45) is 4.47. The molecule has 0 aliphatic carbocycles. The van der Waals surface area contributed by atoms with Crippen molar-refractivity contribution in [3.63, 3.8) is 0 Å². The summed E-state index contributed by atoms with van der Waals surface area (Å²) < 4.78 is 0. The molecule has 1 aromatic heterocycles. The van der Waals surface area contributed by atoms with E-state index < -0.39 is 0 Å². The lowest BCUT2D eigenvalue weighted by Crippen LogP contribution is -2.29. The number of halogens is 1. The lowest BCUT2D eigenvalue weighted by atomic mass is 9.89. The van der Waals surface area contributed by atoms with E-state index in [0.717, 1.165) is 24.3 Å². The quantitative estimate of drug-likeness (QED) is 0.692. The number of benzene rings is 2. The van der Waals surface area contributed by atoms with Crippen LogP contribution < -0.4 is 5.32 Å². The van der Waals surface area contributed by atoms with Gasteiger partial charge in [0, 0.05) is 33.4 Å². The van der Waals surface area contributed by atoms with Crippen LogP contribution in [0.15, 0.2) is 48.7 Å². The van der Waals surface area contributed by atoms with Crippen LogP contribution in [0.25, 0.3) is 10.9 Å². The highest BCUT2D eigenvalue weighted by Gasteiger charge is 2.21. The van der Waals surface area contributed by atoms with Crippen molar-refractivity contribution in [1.29, 1.82) is 0 Å². The molecular formula is C21H22ClN3O. The van der Waals surface area contributed by atoms with E-state index in [2.05, 4.69) is 34.5 Å². The van der Waals surface area contributed by atoms with Crippen molar-refractivity contribution in [1.82, 2.24) is 9.88 Å². The van der Waals surface area contributed by atoms with Crippen LogP contribution in [-0.2, 0) is 0 Å². The standard InChI is InChI=1S/C21H22ClN3O/c1-25-10-8-14(9-11-25)19-13-23-20-7-6-17(12-18(19)20)24-21(26)15-2-4-16(22)5-3-15/h2-7,12-14,23H,8-11H2,1H3,(H,24,26). The number of aromatic nitrogens is 1. The molecule has 0 unspecified atom stereocenters. The van der Waals surface area contributed by atoms with Gasteiger partial charge in [0.2, 0.25) is 0 Å². The van der Waals surface area contributed by atoms with Crippen LogP contribution >= 0.6 is 11.6 Å². The molecule has 0 atom stereocenters. The zero-order valence-corrected chi connectivity index (χ0v) is 15.5. The molecule has 4 nitrogen and oxygen atoms in total. The van der Waals surface area contributed by atoms with Crippen molar-refractivity contribution >= 4 is 34.1 Å². The summed E-state index contributed by atoms with van der Waals surface area (Å²) in [5.74, 6) is 0.444. The third kappa shape index (κ3) is 3.48. The van der Waals surface area contributed by atoms with Crippen LogP contribution in [0.5, 0.6) is 0 Å². The number of likely N-dealkylation sites (tertiary alicyclic amines) is 1. The van der Waals surface area contributed by atoms with Gasteiger partial charge in [-0.05, 0) is 86.9 Å². The van der Waals surface area contributed by atoms with Crippen LogP contribution in [0.1, 0.15) is 34.7 Å². The second-order valence-corrected chi connectivity index (χ2v) is 7.48. The Hall–Kier alpha value is -2.30. The fourth-order valence-corrected chi connectivity index (χ4v) is 3.81. The minimum absolute atomic E-state index is 0.127. The van der Waals surface area contributed by atoms with Crippen LogP contribution in [0, 0.1) is 0 Å². The Bertz CT molecular complexity index is 924. The monoisotopic (exact) mass is 367 g/mol. The zero-order valence-electron chi connectivity index (χ0n) is 14.8. The number of carbonyl (C=O) groups excluding carboxylic acids is 1. The third-order valence-electron chi connectivity index (χ3n) is 5.24. The minimum Gasteiger partial charge on any atom is -0.361 e. The predicted molar refractivity (Wildman–Crippen MR) is 107 cm³/mol. The topological polar surface area (TPSA) is 48.1 Å². The number of nitrogens with one attached hydrogen (secondary N) is 2. The van der Waals surface area contributed by atoms with Gasteiger partial charge in [-0.2, -0.15) is 0 Å². The first kappa shape index (κ1) is 17.1. The van der Waals surface area contributed by atoms with Crippen molar-refractivity contribution in [2.24, 2.45) is 0 Å². The molecule has 4 rings (SSSR count). The van der Waals surface area contributed by atoms with Crippen molar-refractivity contribution in [2.75, 3.05) is 25.5 Å². The van der Waals surface area contributed by atoms with Crippen molar-refractivity contribution in [2.45, 2.75) is 18.8 Å². The van der Waals surface area contributed by atoms with Gasteiger partial charge in [-0.15, -0.1) is 0 Å². The number of anilines is 1. The molecule has 5 heteroatoms. The molecule has 2 N–H and O–H groups in total. The predicted octanol–water partition coefficient (Wildman–Crippen LogP) is 4.88. The summed E-state index contributed by atoms with van der Waals surface area (Å²) in [5, 5.41) is 4.82. The second kappa shape index (κ2) is 7.14. The highest BCUT2D eigenvalue weighted by molar-refractivity contribution is 6.30. The van der Waals surface area contributed by atoms with Gasteiger partial charge in [-0.3, -0.25) is 4.79 Å². The lowest BCUT2D eigenvalue weighted by Gasteiger charge is -2.28. The Kier molecular flexibility index (Phi) is 4.70. The number of nitrogens with zero attached hydrogens (tertiary/aromatic N) is 1. The third-order valence-corrected chi connectivity index (χ3v) is 5.49. The number of hydrogen-bond acceptors (Lipinski definition) is 2. The fraction of sp³-hybridized carbons (Fsp3) is 0.286. The molecule has 0 bridgehead atoms. The van der Waals surface area contributed by atoms with Crippen LogP contribution in [0.4, 0.5) is 5.69 Å². The van der Waals surface area contributed by atoms with Gasteiger partial charge in [-0.25, -0.2) is 0 Å². The number of piperidine rings is 1. The van der Waals surface area contributed by atoms with E-state index in [4.69, 9.17) is 11.6 Å². The van der Waals surface area contributed by atoms with Gasteiger partial charge in [0.05, 0.1) is 0 Å². The van der Waals surface area contributed by atoms with E-state index in [1.54, 1.807) is 24.3 Å². The molecule has 134 valence electrons. The summed E-state index contributed by atoms with van der Waals surface area (Å²) in [6, 6.07) is 13.0. The second-order valence-electron chi connectivity index (χ2n) is 7.04. The molecule has 1 aliphatic rings. The molecule has 1 fully saturated rings. The summed E-state index contributed by atoms with van der Waals surface area (Å²) in [7, 11) is 2.18. The van der Waals surface area contributed by atoms with E-state index in [9.17, 15) is 4.79 Å². The first-order chi connectivity index (χ1) is 12.6. The summed E-state index contributed by atoms with van der Waals surface area (Å²) in [5.41, 5.74) is 3.88. The Morgan fingerprint density at radius 2 is 1.88 bits per heavy atom. The Morgan fingerprint density at radius 3 is 2.62 bits per heavy atom. The first-order valence-electron chi connectivity index (χ1n) is 8.96. The maximum absolute atomic E-state index is 12.5. The van der Waals surface area contributed by atoms with Gasteiger partial charge >= 0.3 is 0 Å². The van der Waals surface area contributed by atoms with E-state index in [1.807, 2.05) is 12.1 Å². The number of H-pyrrole nitrogens is 1. The number of fused-ring (bicyclic) bond motifs is 1. The normalized spacial score (nSPS) is 16.1. The van der Waals surface area contributed by atoms with Crippen LogP contribution in [0.2, 0.25) is 5.02 Å². The highest BCUT2D eigenvalue weighted by atomic mass is 35.5. The van der Waals surface area contributed by atoms with Gasteiger partial charge in [-0.1, -0.05) is 11.6 Å². The summed E-state index contributed by atoms with van der Waals surface area (Å²) in [4.78, 5) is 18.2. The molecule has 26 heavy (non-hydrogen) atoms. The van der Waals surface area contributed by atoms with Gasteiger partial charge in [0.25, 0.3) is 5.91 Å². The average Bonchev–Trinajstić information content (AvgIpc) is 3.06. The smallest absolute Gasteiger partial charge is 0.255 e. The molecule has 0 spiro atoms. The van der Waals surface area contributed by atoms with Crippen LogP contribution in [0.3, 0.4) is 0 Å². The van der Waals surface area contributed by atoms with E-state index in [-0.39, 0.29) is 5.91 Å². The molecule has 2 heterocycles. The maximum atomic E-state index is 12.5. The molecule has 0 radical (unpaired) electrons. The lowest BCUT2D eigenvalue weighted by molar-refractivity contribution is 0.102. The Balaban J connectivity index is 1.57. The molecule has 0 saturated carbocycles. The van der Waals surface area contributed by atoms with Gasteiger partial charge < -0.3 is 15.2 Å². The molecule has 1 aliphatic heterocycles. The number of aromatic amines is 1. The Labute approximate surface area is 158 Å². The van der Waals surface area contributed by atoms with Gasteiger partial charge in [0.15, 0.2) is 0 Å². The zero-order chi connectivity index (χ0) is 18.1. The van der Waals surface area contributed by atoms with Crippen molar-refractivity contribution in [3.05, 3.63) is 64.8 Å². The van der Waals surface area contributed by atoms with E-state index >= 15 is 0 Å². The first-order valence-corrected chi connectivity index (χ1v) is 9.34. The van der Waals surface area contributed by atoms with Crippen molar-refractivity contribution in [3.8, 4) is 0 Å². The highest BCUT2D eigenvalue weighted by Crippen LogP contribution is 2.34. The maximum Gasteiger partial charge on any atom is 0.255 e. The SMILES string of the molecule is CN1CCC(c2c[nH]c3ccc(NC(=O)c4ccc(Cl)cc4)cc23)CC1. The molecular weight excluding hydrogens is 346 g/mol. The number of rotatable bonds is 3. The Morgan fingerprint density at radius 1 is 1.15 bits per heavy atom. The molecule has 1 saturated heterocycles. The van der Waals surface area contributed by atoms with Crippen LogP contribution in [-0.4, -0.2) is 35.9 Å². The van der Waals surface area contributed by atoms with Crippen molar-refractivity contribution < 1.29 is 4.79 Å². The summed E-state index contributed by atoms with van der Waals surface area (Å²) >= 11 is 5.89. The average molecular weight is 368 g/mol. The minimum atomic E-state index is -0.127. The van der Waals surface area contributed by atoms with E-state index in [1.165, 1.54) is 23.8 Å². The molecule has 3 aromatic rings. The summed E-state index contributed by atoms with van der Waals surface area (Å²) in [6.45, 7) is 2.26. The van der Waals surface area contributed by atoms with E-state index in [0.29, 0.717) is 16.5 Å².